The Morgan fingerprint density at radius 1 is 0.0880 bits per heavy atom. The molecule has 0 amide bonds. The van der Waals surface area contributed by atoms with Crippen molar-refractivity contribution in [2.75, 3.05) is 0 Å². The van der Waals surface area contributed by atoms with Gasteiger partial charge in [-0.3, -0.25) is 120 Å². The normalized spacial score (nSPS) is 5.76. The quantitative estimate of drug-likeness (QED) is 0.100. The third-order valence-corrected chi connectivity index (χ3v) is 0. The maximum absolute atomic E-state index is 8.74. The summed E-state index contributed by atoms with van der Waals surface area (Å²) < 4.78 is 262. The van der Waals surface area contributed by atoms with Gasteiger partial charge in [-0.25, -0.2) is 0 Å². The molecule has 0 fully saturated rings. The Bertz CT molecular complexity index is 1700. The molecule has 720 valence electrons. The van der Waals surface area contributed by atoms with Crippen LogP contribution >= 0.6 is 0 Å². The zero-order valence-corrected chi connectivity index (χ0v) is 105. The van der Waals surface area contributed by atoms with Crippen molar-refractivity contribution in [1.29, 1.82) is 0 Å². The van der Waals surface area contributed by atoms with E-state index >= 15 is 0 Å². The number of rotatable bonds is 0. The van der Waals surface area contributed by atoms with Crippen LogP contribution in [0.25, 0.3) is 0 Å². The van der Waals surface area contributed by atoms with E-state index in [1.165, 1.54) is 0 Å². The standard InChI is InChI=1S/5K.27H2O3Si.HO3Si.2O3Si/c;;;;;30*1-4(2)3/h;;;;;27*1-2H;1H;;/q5*+1;;;;;;;;;;;;;;;;;;;;;;;;;;;;-1;2*-2. The van der Waals surface area contributed by atoms with Gasteiger partial charge in [-0.2, -0.15) is 0 Å². The van der Waals surface area contributed by atoms with Gasteiger partial charge < -0.3 is 301 Å². The summed E-state index contributed by atoms with van der Waals surface area (Å²) in [5, 5.41) is 0. The van der Waals surface area contributed by atoms with Gasteiger partial charge in [0.25, 0.3) is 0 Å². The predicted molar refractivity (Wildman–Crippen MR) is 315 cm³/mol. The molecule has 0 saturated heterocycles. The van der Waals surface area contributed by atoms with Crippen molar-refractivity contribution in [1.82, 2.24) is 0 Å². The fourth-order valence-electron chi connectivity index (χ4n) is 0. The van der Waals surface area contributed by atoms with Crippen LogP contribution in [0.3, 0.4) is 0 Å². The van der Waals surface area contributed by atoms with E-state index in [1.807, 2.05) is 0 Å². The minimum Gasteiger partial charge on any atom is -0.672 e. The molecule has 0 unspecified atom stereocenters. The van der Waals surface area contributed by atoms with E-state index in [-0.39, 0.29) is 257 Å². The van der Waals surface area contributed by atoms with Gasteiger partial charge in [0.1, 0.15) is 0 Å². The molecule has 0 radical (unpaired) electrons. The fourth-order valence-corrected chi connectivity index (χ4v) is 0. The molecule has 0 aromatic heterocycles. The molecule has 55 N–H and O–H groups in total. The molecule has 0 heterocycles. The van der Waals surface area contributed by atoms with E-state index in [0.717, 1.165) is 0 Å². The van der Waals surface area contributed by atoms with Gasteiger partial charge in [0.05, 0.1) is 0 Å². The van der Waals surface area contributed by atoms with Crippen molar-refractivity contribution < 1.29 is 679 Å². The van der Waals surface area contributed by atoms with Crippen LogP contribution < -0.4 is 281 Å². The second-order valence-electron chi connectivity index (χ2n) is 8.40. The summed E-state index contributed by atoms with van der Waals surface area (Å²) >= 11 is 0. The molecule has 0 rings (SSSR count). The summed E-state index contributed by atoms with van der Waals surface area (Å²) in [7, 11) is -95.1. The first-order valence-corrected chi connectivity index (χ1v) is 58.3. The molecule has 125 heavy (non-hydrogen) atoms. The zero-order valence-electron chi connectivity index (χ0n) is 58.9. The molecule has 0 aliphatic heterocycles. The van der Waals surface area contributed by atoms with Crippen LogP contribution in [-0.2, 0) is 134 Å². The van der Waals surface area contributed by atoms with E-state index < -0.39 is 275 Å². The maximum atomic E-state index is 8.74. The largest absolute Gasteiger partial charge is 1.00 e. The van der Waals surface area contributed by atoms with Crippen LogP contribution in [0.1, 0.15) is 0 Å². The van der Waals surface area contributed by atoms with Crippen molar-refractivity contribution in [2.24, 2.45) is 0 Å². The van der Waals surface area contributed by atoms with E-state index in [4.69, 9.17) is 422 Å². The molecular formula is H55K5O90Si30. The third kappa shape index (κ3) is 155000. The Balaban J connectivity index is -0.0000000203. The molecule has 0 aromatic carbocycles. The smallest absolute Gasteiger partial charge is 0.672 e. The molecule has 0 atom stereocenters. The summed E-state index contributed by atoms with van der Waals surface area (Å²) in [5.41, 5.74) is 0. The van der Waals surface area contributed by atoms with Crippen LogP contribution in [-0.4, -0.2) is 539 Å². The molecule has 125 heteroatoms. The Kier molecular flexibility index (Phi) is 434. The fraction of sp³-hybridized carbons (Fsp3) is 0. The average molecular weight is 2530 g/mol. The second kappa shape index (κ2) is 230. The van der Waals surface area contributed by atoms with Crippen molar-refractivity contribution in [3.63, 3.8) is 0 Å². The van der Waals surface area contributed by atoms with E-state index in [1.54, 1.807) is 0 Å². The van der Waals surface area contributed by atoms with Crippen LogP contribution in [0.2, 0.25) is 0 Å². The van der Waals surface area contributed by atoms with Gasteiger partial charge in [-0.05, 0) is 0 Å². The van der Waals surface area contributed by atoms with Gasteiger partial charge in [0, 0.05) is 18.3 Å². The van der Waals surface area contributed by atoms with E-state index in [2.05, 4.69) is 0 Å². The van der Waals surface area contributed by atoms with Gasteiger partial charge in [0.2, 0.25) is 0 Å². The molecule has 0 aliphatic carbocycles. The number of hydrogen-bond donors (Lipinski definition) is 55. The molecule has 0 aliphatic rings. The molecule has 0 spiro atoms. The summed E-state index contributed by atoms with van der Waals surface area (Å²) in [4.78, 5) is 436. The van der Waals surface area contributed by atoms with Crippen molar-refractivity contribution >= 4 is 275 Å². The van der Waals surface area contributed by atoms with Crippen LogP contribution in [0.15, 0.2) is 0 Å². The molecule has 0 bridgehead atoms. The van der Waals surface area contributed by atoms with Crippen molar-refractivity contribution in [3.8, 4) is 0 Å². The first-order chi connectivity index (χ1) is 52.0. The second-order valence-corrected chi connectivity index (χ2v) is 25.2. The summed E-state index contributed by atoms with van der Waals surface area (Å²) in [6, 6.07) is 0. The van der Waals surface area contributed by atoms with E-state index in [0.29, 0.717) is 0 Å². The number of hydrogen-bond acceptors (Lipinski definition) is 35. The Morgan fingerprint density at radius 2 is 0.0880 bits per heavy atom. The third-order valence-electron chi connectivity index (χ3n) is 0. The first-order valence-electron chi connectivity index (χ1n) is 19.4. The maximum Gasteiger partial charge on any atom is 1.00 e. The van der Waals surface area contributed by atoms with Gasteiger partial charge in [-0.1, -0.05) is 0 Å². The van der Waals surface area contributed by atoms with E-state index in [9.17, 15) is 0 Å². The van der Waals surface area contributed by atoms with Crippen LogP contribution in [0, 0.1) is 0 Å². The summed E-state index contributed by atoms with van der Waals surface area (Å²) in [6.45, 7) is 0. The minimum absolute atomic E-state index is 0. The molecule has 0 aromatic rings. The monoisotopic (exact) mass is 2530 g/mol. The predicted octanol–water partition coefficient (Wildman–Crippen LogP) is -66.5. The van der Waals surface area contributed by atoms with Crippen LogP contribution in [0.5, 0.6) is 0 Å². The summed E-state index contributed by atoms with van der Waals surface area (Å²) in [6.07, 6.45) is 0. The summed E-state index contributed by atoms with van der Waals surface area (Å²) in [5.74, 6) is 0. The van der Waals surface area contributed by atoms with Gasteiger partial charge in [0.15, 0.2) is 0 Å². The first kappa shape index (κ1) is 236. The zero-order chi connectivity index (χ0) is 107. The molecule has 90 nitrogen and oxygen atoms in total. The Hall–Kier alpha value is -3.31. The minimum atomic E-state index is -3.63. The Morgan fingerprint density at radius 3 is 0.0880 bits per heavy atom. The topological polar surface area (TPSA) is 1740 Å². The van der Waals surface area contributed by atoms with Gasteiger partial charge >= 0.3 is 514 Å². The SMILES string of the molecule is O=[Si](O)O.O=[Si](O)O.O=[Si](O)O.O=[Si](O)O.O=[Si](O)O.O=[Si](O)O.O=[Si](O)O.O=[Si](O)O.O=[Si](O)O.O=[Si](O)O.O=[Si](O)O.O=[Si](O)O.O=[Si](O)O.O=[Si](O)O.O=[Si](O)O.O=[Si](O)O.O=[Si](O)O.O=[Si](O)O.O=[Si](O)O.O=[Si](O)O.O=[Si](O)O.O=[Si](O)O.O=[Si](O)O.O=[Si](O)O.O=[Si](O)O.O=[Si](O)O.O=[Si](O)O.O=[Si]([O-])O.O=[Si]([O-])[O-].O=[Si]([O-])[O-].[K+].[K+].[K+].[K+].[K+]. The molecule has 0 saturated carbocycles. The van der Waals surface area contributed by atoms with Crippen molar-refractivity contribution in [3.05, 3.63) is 0 Å². The Labute approximate surface area is 937 Å². The van der Waals surface area contributed by atoms with Crippen molar-refractivity contribution in [2.45, 2.75) is 0 Å². The average Bonchev–Trinajstić information content (AvgIpc) is 3.29. The van der Waals surface area contributed by atoms with Gasteiger partial charge in [-0.15, -0.1) is 0 Å². The van der Waals surface area contributed by atoms with Crippen LogP contribution in [0.4, 0.5) is 0 Å². The molecular weight excluding hydrogens is 2480 g/mol.